The molecule has 0 bridgehead atoms. The van der Waals surface area contributed by atoms with Crippen molar-refractivity contribution in [2.45, 2.75) is 6.23 Å². The van der Waals surface area contributed by atoms with Crippen LogP contribution >= 0.6 is 12.4 Å². The van der Waals surface area contributed by atoms with Gasteiger partial charge in [0.15, 0.2) is 6.23 Å². The number of nitrogens with zero attached hydrogens (tertiary/aromatic N) is 3. The fourth-order valence-electron chi connectivity index (χ4n) is 1.76. The number of hydrazone groups is 1. The Labute approximate surface area is 120 Å². The zero-order valence-electron chi connectivity index (χ0n) is 11.2. The van der Waals surface area contributed by atoms with Crippen LogP contribution in [-0.4, -0.2) is 54.1 Å². The van der Waals surface area contributed by atoms with Gasteiger partial charge in [0, 0.05) is 12.1 Å². The van der Waals surface area contributed by atoms with Crippen molar-refractivity contribution in [2.24, 2.45) is 5.10 Å². The highest BCUT2D eigenvalue weighted by molar-refractivity contribution is 6.08. The fourth-order valence-corrected chi connectivity index (χ4v) is 1.76. The number of halogens is 1. The summed E-state index contributed by atoms with van der Waals surface area (Å²) in [5.74, 6) is 0. The molecule has 2 rings (SSSR count). The Hall–Kier alpha value is -1.36. The summed E-state index contributed by atoms with van der Waals surface area (Å²) < 4.78 is 0. The first kappa shape index (κ1) is 15.7. The molecule has 0 saturated carbocycles. The summed E-state index contributed by atoms with van der Waals surface area (Å²) >= 11 is 0. The Morgan fingerprint density at radius 3 is 2.58 bits per heavy atom. The van der Waals surface area contributed by atoms with Crippen molar-refractivity contribution in [2.75, 3.05) is 27.2 Å². The summed E-state index contributed by atoms with van der Waals surface area (Å²) in [5, 5.41) is 16.1. The van der Waals surface area contributed by atoms with Crippen molar-refractivity contribution in [3.63, 3.8) is 0 Å². The predicted molar refractivity (Wildman–Crippen MR) is 80.6 cm³/mol. The number of allylic oxidation sites excluding steroid dienone is 1. The van der Waals surface area contributed by atoms with Crippen molar-refractivity contribution in [3.8, 4) is 0 Å². The van der Waals surface area contributed by atoms with Gasteiger partial charge in [-0.2, -0.15) is 5.10 Å². The molecular weight excluding hydrogens is 262 g/mol. The molecule has 1 heterocycles. The third kappa shape index (κ3) is 4.35. The number of hydrogen-bond acceptors (Lipinski definition) is 4. The van der Waals surface area contributed by atoms with Crippen molar-refractivity contribution < 1.29 is 5.11 Å². The second kappa shape index (κ2) is 7.28. The Balaban J connectivity index is 0.00000180. The van der Waals surface area contributed by atoms with E-state index in [0.29, 0.717) is 6.54 Å². The van der Waals surface area contributed by atoms with E-state index in [1.165, 1.54) is 0 Å². The molecule has 0 fully saturated rings. The van der Waals surface area contributed by atoms with Gasteiger partial charge in [-0.15, -0.1) is 12.4 Å². The molecule has 0 spiro atoms. The lowest BCUT2D eigenvalue weighted by Crippen LogP contribution is -2.37. The largest absolute Gasteiger partial charge is 0.369 e. The van der Waals surface area contributed by atoms with Crippen molar-refractivity contribution >= 4 is 18.1 Å². The van der Waals surface area contributed by atoms with Gasteiger partial charge in [0.1, 0.15) is 0 Å². The molecule has 1 aliphatic heterocycles. The summed E-state index contributed by atoms with van der Waals surface area (Å²) in [6.07, 6.45) is 3.01. The van der Waals surface area contributed by atoms with Crippen LogP contribution in [0.2, 0.25) is 0 Å². The quantitative estimate of drug-likeness (QED) is 0.910. The van der Waals surface area contributed by atoms with E-state index >= 15 is 0 Å². The van der Waals surface area contributed by atoms with Gasteiger partial charge >= 0.3 is 0 Å². The van der Waals surface area contributed by atoms with E-state index in [2.05, 4.69) is 10.0 Å². The second-order valence-corrected chi connectivity index (χ2v) is 4.59. The first-order chi connectivity index (χ1) is 8.66. The van der Waals surface area contributed by atoms with Gasteiger partial charge in [-0.1, -0.05) is 30.3 Å². The van der Waals surface area contributed by atoms with E-state index in [1.54, 1.807) is 11.1 Å². The normalized spacial score (nSPS) is 18.2. The third-order valence-electron chi connectivity index (χ3n) is 2.81. The standard InChI is InChI=1S/C14H19N3O.ClH/c1-16(2)10-11-17-14(18)9-8-13(15-17)12-6-4-3-5-7-12;/h3-9,14,18H,10-11H2,1-2H3;1H. The maximum Gasteiger partial charge on any atom is 0.162 e. The minimum Gasteiger partial charge on any atom is -0.369 e. The molecule has 1 N–H and O–H groups in total. The Bertz CT molecular complexity index is 445. The fraction of sp³-hybridized carbons (Fsp3) is 0.357. The minimum atomic E-state index is -0.627. The molecular formula is C14H20ClN3O. The van der Waals surface area contributed by atoms with Gasteiger partial charge in [-0.05, 0) is 26.2 Å². The van der Waals surface area contributed by atoms with Gasteiger partial charge in [-0.25, -0.2) is 0 Å². The topological polar surface area (TPSA) is 39.1 Å². The summed E-state index contributed by atoms with van der Waals surface area (Å²) in [4.78, 5) is 2.07. The van der Waals surface area contributed by atoms with Gasteiger partial charge in [0.2, 0.25) is 0 Å². The zero-order chi connectivity index (χ0) is 13.0. The second-order valence-electron chi connectivity index (χ2n) is 4.59. The molecule has 1 unspecified atom stereocenters. The zero-order valence-corrected chi connectivity index (χ0v) is 12.0. The van der Waals surface area contributed by atoms with Crippen LogP contribution in [0.5, 0.6) is 0 Å². The summed E-state index contributed by atoms with van der Waals surface area (Å²) in [6.45, 7) is 1.56. The van der Waals surface area contributed by atoms with E-state index in [4.69, 9.17) is 0 Å². The van der Waals surface area contributed by atoms with E-state index < -0.39 is 6.23 Å². The molecule has 0 radical (unpaired) electrons. The summed E-state index contributed by atoms with van der Waals surface area (Å²) in [6, 6.07) is 9.99. The van der Waals surface area contributed by atoms with E-state index in [-0.39, 0.29) is 12.4 Å². The van der Waals surface area contributed by atoms with Crippen LogP contribution in [0.4, 0.5) is 0 Å². The first-order valence-electron chi connectivity index (χ1n) is 6.08. The molecule has 1 aromatic rings. The molecule has 0 aromatic heterocycles. The molecule has 5 heteroatoms. The lowest BCUT2D eigenvalue weighted by molar-refractivity contribution is 0.0377. The van der Waals surface area contributed by atoms with Crippen molar-refractivity contribution in [1.29, 1.82) is 0 Å². The molecule has 0 amide bonds. The van der Waals surface area contributed by atoms with E-state index in [0.717, 1.165) is 17.8 Å². The Morgan fingerprint density at radius 2 is 1.95 bits per heavy atom. The highest BCUT2D eigenvalue weighted by atomic mass is 35.5. The number of aliphatic hydroxyl groups excluding tert-OH is 1. The van der Waals surface area contributed by atoms with Crippen molar-refractivity contribution in [1.82, 2.24) is 9.91 Å². The van der Waals surface area contributed by atoms with Crippen LogP contribution in [0.25, 0.3) is 0 Å². The summed E-state index contributed by atoms with van der Waals surface area (Å²) in [5.41, 5.74) is 1.95. The maximum atomic E-state index is 9.86. The Morgan fingerprint density at radius 1 is 1.26 bits per heavy atom. The lowest BCUT2D eigenvalue weighted by atomic mass is 10.1. The molecule has 0 saturated heterocycles. The number of likely N-dealkylation sites (N-methyl/N-ethyl adjacent to an activating group) is 1. The first-order valence-corrected chi connectivity index (χ1v) is 6.08. The average Bonchev–Trinajstić information content (AvgIpc) is 2.38. The molecule has 4 nitrogen and oxygen atoms in total. The third-order valence-corrected chi connectivity index (χ3v) is 2.81. The molecule has 104 valence electrons. The van der Waals surface area contributed by atoms with Gasteiger partial charge < -0.3 is 10.0 Å². The smallest absolute Gasteiger partial charge is 0.162 e. The molecule has 0 aliphatic carbocycles. The minimum absolute atomic E-state index is 0. The lowest BCUT2D eigenvalue weighted by Gasteiger charge is -2.27. The molecule has 19 heavy (non-hydrogen) atoms. The number of hydrogen-bond donors (Lipinski definition) is 1. The van der Waals surface area contributed by atoms with E-state index in [1.807, 2.05) is 50.5 Å². The average molecular weight is 282 g/mol. The maximum absolute atomic E-state index is 9.86. The number of rotatable bonds is 4. The molecule has 1 atom stereocenters. The van der Waals surface area contributed by atoms with Crippen LogP contribution < -0.4 is 0 Å². The van der Waals surface area contributed by atoms with Crippen molar-refractivity contribution in [3.05, 3.63) is 48.0 Å². The molecule has 1 aliphatic rings. The SMILES string of the molecule is CN(C)CCN1N=C(c2ccccc2)C=CC1O.Cl. The Kier molecular flexibility index (Phi) is 6.02. The van der Waals surface area contributed by atoms with Crippen LogP contribution in [0, 0.1) is 0 Å². The number of aliphatic hydroxyl groups is 1. The predicted octanol–water partition coefficient (Wildman–Crippen LogP) is 1.56. The van der Waals surface area contributed by atoms with Crippen LogP contribution in [0.3, 0.4) is 0 Å². The van der Waals surface area contributed by atoms with Crippen LogP contribution in [0.1, 0.15) is 5.56 Å². The van der Waals surface area contributed by atoms with Crippen LogP contribution in [-0.2, 0) is 0 Å². The monoisotopic (exact) mass is 281 g/mol. The number of benzene rings is 1. The van der Waals surface area contributed by atoms with Gasteiger partial charge in [-0.3, -0.25) is 5.01 Å². The van der Waals surface area contributed by atoms with Crippen LogP contribution in [0.15, 0.2) is 47.6 Å². The molecule has 1 aromatic carbocycles. The highest BCUT2D eigenvalue weighted by Gasteiger charge is 2.16. The van der Waals surface area contributed by atoms with E-state index in [9.17, 15) is 5.11 Å². The highest BCUT2D eigenvalue weighted by Crippen LogP contribution is 2.11. The summed E-state index contributed by atoms with van der Waals surface area (Å²) in [7, 11) is 4.02. The van der Waals surface area contributed by atoms with Gasteiger partial charge in [0.25, 0.3) is 0 Å². The van der Waals surface area contributed by atoms with Gasteiger partial charge in [0.05, 0.1) is 12.3 Å².